The molecule has 25 heavy (non-hydrogen) atoms. The maximum absolute atomic E-state index is 12.3. The third-order valence-electron chi connectivity index (χ3n) is 4.86. The molecule has 0 heterocycles. The third-order valence-corrected chi connectivity index (χ3v) is 4.86. The second-order valence-electron chi connectivity index (χ2n) is 7.86. The standard InChI is InChI=1S/C22H26N2O/c1-15(16-8-6-5-7-9-16)23-24-21(25)20-14-19(20)17-10-12-18(13-11-17)22(2,3)4/h5-13,19-20H,14H2,1-4H3,(H,24,25)/b23-15+. The second kappa shape index (κ2) is 6.83. The van der Waals surface area contributed by atoms with Crippen LogP contribution < -0.4 is 5.43 Å². The van der Waals surface area contributed by atoms with Crippen LogP contribution in [0.15, 0.2) is 59.7 Å². The van der Waals surface area contributed by atoms with Crippen molar-refractivity contribution in [2.24, 2.45) is 11.0 Å². The normalized spacial score (nSPS) is 20.2. The van der Waals surface area contributed by atoms with Gasteiger partial charge in [0.25, 0.3) is 0 Å². The monoisotopic (exact) mass is 334 g/mol. The number of benzene rings is 2. The van der Waals surface area contributed by atoms with Crippen molar-refractivity contribution in [3.63, 3.8) is 0 Å². The van der Waals surface area contributed by atoms with Gasteiger partial charge in [-0.1, -0.05) is 75.4 Å². The number of amides is 1. The number of rotatable bonds is 4. The van der Waals surface area contributed by atoms with Crippen molar-refractivity contribution in [2.45, 2.75) is 45.4 Å². The molecule has 3 rings (SSSR count). The van der Waals surface area contributed by atoms with Gasteiger partial charge in [0.15, 0.2) is 0 Å². The van der Waals surface area contributed by atoms with Crippen molar-refractivity contribution < 1.29 is 4.79 Å². The van der Waals surface area contributed by atoms with E-state index in [1.54, 1.807) is 0 Å². The number of hydrogen-bond donors (Lipinski definition) is 1. The Labute approximate surface area is 150 Å². The molecule has 2 atom stereocenters. The predicted molar refractivity (Wildman–Crippen MR) is 103 cm³/mol. The number of hydrogen-bond acceptors (Lipinski definition) is 2. The molecule has 2 aromatic carbocycles. The number of nitrogens with zero attached hydrogens (tertiary/aromatic N) is 1. The van der Waals surface area contributed by atoms with Crippen LogP contribution in [0.5, 0.6) is 0 Å². The molecule has 0 aromatic heterocycles. The van der Waals surface area contributed by atoms with Gasteiger partial charge in [0.05, 0.1) is 5.71 Å². The highest BCUT2D eigenvalue weighted by Gasteiger charge is 2.44. The van der Waals surface area contributed by atoms with E-state index in [2.05, 4.69) is 55.6 Å². The molecule has 1 saturated carbocycles. The van der Waals surface area contributed by atoms with E-state index in [1.807, 2.05) is 37.3 Å². The van der Waals surface area contributed by atoms with Crippen LogP contribution in [0.4, 0.5) is 0 Å². The molecule has 1 amide bonds. The lowest BCUT2D eigenvalue weighted by molar-refractivity contribution is -0.122. The summed E-state index contributed by atoms with van der Waals surface area (Å²) in [5.41, 5.74) is 7.29. The maximum atomic E-state index is 12.3. The zero-order valence-corrected chi connectivity index (χ0v) is 15.4. The van der Waals surface area contributed by atoms with Gasteiger partial charge in [-0.3, -0.25) is 4.79 Å². The minimum absolute atomic E-state index is 0.0141. The quantitative estimate of drug-likeness (QED) is 0.643. The van der Waals surface area contributed by atoms with E-state index in [4.69, 9.17) is 0 Å². The highest BCUT2D eigenvalue weighted by atomic mass is 16.2. The number of carbonyl (C=O) groups excluding carboxylic acids is 1. The fourth-order valence-corrected chi connectivity index (χ4v) is 3.05. The van der Waals surface area contributed by atoms with Crippen molar-refractivity contribution in [3.05, 3.63) is 71.3 Å². The molecule has 1 N–H and O–H groups in total. The summed E-state index contributed by atoms with van der Waals surface area (Å²) >= 11 is 0. The Balaban J connectivity index is 1.59. The zero-order valence-electron chi connectivity index (χ0n) is 15.4. The Morgan fingerprint density at radius 3 is 2.28 bits per heavy atom. The summed E-state index contributed by atoms with van der Waals surface area (Å²) in [4.78, 5) is 12.3. The van der Waals surface area contributed by atoms with Gasteiger partial charge in [-0.05, 0) is 41.4 Å². The predicted octanol–water partition coefficient (Wildman–Crippen LogP) is 4.63. The van der Waals surface area contributed by atoms with Gasteiger partial charge in [0, 0.05) is 5.92 Å². The minimum atomic E-state index is 0.0141. The first-order valence-electron chi connectivity index (χ1n) is 8.86. The van der Waals surface area contributed by atoms with E-state index in [-0.39, 0.29) is 17.2 Å². The average molecular weight is 334 g/mol. The molecule has 1 aliphatic carbocycles. The summed E-state index contributed by atoms with van der Waals surface area (Å²) in [5, 5.41) is 4.25. The zero-order chi connectivity index (χ0) is 18.0. The smallest absolute Gasteiger partial charge is 0.243 e. The number of nitrogens with one attached hydrogen (secondary N) is 1. The van der Waals surface area contributed by atoms with Crippen molar-refractivity contribution in [2.75, 3.05) is 0 Å². The average Bonchev–Trinajstić information content (AvgIpc) is 3.40. The minimum Gasteiger partial charge on any atom is -0.273 e. The fraction of sp³-hybridized carbons (Fsp3) is 0.364. The van der Waals surface area contributed by atoms with Gasteiger partial charge in [-0.25, -0.2) is 5.43 Å². The van der Waals surface area contributed by atoms with Crippen molar-refractivity contribution >= 4 is 11.6 Å². The molecule has 130 valence electrons. The first-order valence-corrected chi connectivity index (χ1v) is 8.86. The molecule has 2 aromatic rings. The first-order chi connectivity index (χ1) is 11.9. The lowest BCUT2D eigenvalue weighted by Gasteiger charge is -2.19. The van der Waals surface area contributed by atoms with E-state index >= 15 is 0 Å². The Kier molecular flexibility index (Phi) is 4.76. The molecule has 1 aliphatic rings. The topological polar surface area (TPSA) is 41.5 Å². The Bertz CT molecular complexity index is 770. The van der Waals surface area contributed by atoms with E-state index in [1.165, 1.54) is 11.1 Å². The fourth-order valence-electron chi connectivity index (χ4n) is 3.05. The molecule has 0 radical (unpaired) electrons. The summed E-state index contributed by atoms with van der Waals surface area (Å²) < 4.78 is 0. The van der Waals surface area contributed by atoms with Crippen LogP contribution in [0.1, 0.15) is 56.7 Å². The van der Waals surface area contributed by atoms with Gasteiger partial charge in [0.2, 0.25) is 5.91 Å². The lowest BCUT2D eigenvalue weighted by atomic mass is 9.86. The Hall–Kier alpha value is -2.42. The van der Waals surface area contributed by atoms with Gasteiger partial charge in [-0.2, -0.15) is 5.10 Å². The van der Waals surface area contributed by atoms with E-state index < -0.39 is 0 Å². The van der Waals surface area contributed by atoms with E-state index in [0.717, 1.165) is 17.7 Å². The van der Waals surface area contributed by atoms with Crippen LogP contribution in [-0.2, 0) is 10.2 Å². The molecule has 0 saturated heterocycles. The number of hydrazone groups is 1. The van der Waals surface area contributed by atoms with Gasteiger partial charge in [0.1, 0.15) is 0 Å². The van der Waals surface area contributed by atoms with Crippen LogP contribution >= 0.6 is 0 Å². The molecule has 0 spiro atoms. The van der Waals surface area contributed by atoms with Crippen LogP contribution in [0.3, 0.4) is 0 Å². The molecular weight excluding hydrogens is 308 g/mol. The Morgan fingerprint density at radius 2 is 1.68 bits per heavy atom. The van der Waals surface area contributed by atoms with Crippen molar-refractivity contribution in [1.82, 2.24) is 5.43 Å². The molecule has 0 bridgehead atoms. The van der Waals surface area contributed by atoms with Crippen molar-refractivity contribution in [1.29, 1.82) is 0 Å². The van der Waals surface area contributed by atoms with E-state index in [0.29, 0.717) is 5.92 Å². The first kappa shape index (κ1) is 17.4. The Morgan fingerprint density at radius 1 is 1.04 bits per heavy atom. The van der Waals surface area contributed by atoms with E-state index in [9.17, 15) is 4.79 Å². The SMILES string of the molecule is C/C(=N\NC(=O)C1CC1c1ccc(C(C)(C)C)cc1)c1ccccc1. The molecule has 0 aliphatic heterocycles. The molecular formula is C22H26N2O. The van der Waals surface area contributed by atoms with Crippen LogP contribution in [0.25, 0.3) is 0 Å². The summed E-state index contributed by atoms with van der Waals surface area (Å²) in [6, 6.07) is 18.6. The summed E-state index contributed by atoms with van der Waals surface area (Å²) in [6.45, 7) is 8.54. The van der Waals surface area contributed by atoms with Gasteiger partial charge < -0.3 is 0 Å². The summed E-state index contributed by atoms with van der Waals surface area (Å²) in [7, 11) is 0. The van der Waals surface area contributed by atoms with Gasteiger partial charge in [-0.15, -0.1) is 0 Å². The third kappa shape index (κ3) is 4.16. The molecule has 1 fully saturated rings. The highest BCUT2D eigenvalue weighted by molar-refractivity contribution is 5.99. The number of carbonyl (C=O) groups is 1. The molecule has 3 heteroatoms. The summed E-state index contributed by atoms with van der Waals surface area (Å²) in [5.74, 6) is 0.370. The van der Waals surface area contributed by atoms with Crippen LogP contribution in [-0.4, -0.2) is 11.6 Å². The maximum Gasteiger partial charge on any atom is 0.243 e. The summed E-state index contributed by atoms with van der Waals surface area (Å²) in [6.07, 6.45) is 0.903. The van der Waals surface area contributed by atoms with Gasteiger partial charge >= 0.3 is 0 Å². The molecule has 2 unspecified atom stereocenters. The molecule has 3 nitrogen and oxygen atoms in total. The van der Waals surface area contributed by atoms with Crippen LogP contribution in [0, 0.1) is 5.92 Å². The largest absolute Gasteiger partial charge is 0.273 e. The van der Waals surface area contributed by atoms with Crippen molar-refractivity contribution in [3.8, 4) is 0 Å². The second-order valence-corrected chi connectivity index (χ2v) is 7.86. The lowest BCUT2D eigenvalue weighted by Crippen LogP contribution is -2.21. The van der Waals surface area contributed by atoms with Crippen LogP contribution in [0.2, 0.25) is 0 Å². The highest BCUT2D eigenvalue weighted by Crippen LogP contribution is 2.47.